The number of hydrogen-bond donors (Lipinski definition) is 3. The second-order valence-corrected chi connectivity index (χ2v) is 7.86. The first-order valence-electron chi connectivity index (χ1n) is 4.13. The fourth-order valence-corrected chi connectivity index (χ4v) is 4.84. The molecule has 2 bridgehead atoms. The average molecular weight is 191 g/mol. The first-order chi connectivity index (χ1) is 5.04. The van der Waals surface area contributed by atoms with Gasteiger partial charge in [0.15, 0.2) is 0 Å². The topological polar surface area (TPSA) is 44.1 Å². The molecular formula is C7H14NOPS. The van der Waals surface area contributed by atoms with E-state index in [0.717, 1.165) is 25.2 Å². The molecule has 4 heteroatoms. The molecule has 0 aliphatic heterocycles. The van der Waals surface area contributed by atoms with Gasteiger partial charge < -0.3 is 4.89 Å². The number of rotatable bonds is 1. The fourth-order valence-electron chi connectivity index (χ4n) is 2.60. The summed E-state index contributed by atoms with van der Waals surface area (Å²) in [5.74, 6) is 0.805. The van der Waals surface area contributed by atoms with E-state index in [1.807, 2.05) is 0 Å². The lowest BCUT2D eigenvalue weighted by Gasteiger charge is -2.31. The van der Waals surface area contributed by atoms with Crippen molar-refractivity contribution in [1.29, 1.82) is 5.16 Å². The van der Waals surface area contributed by atoms with Crippen molar-refractivity contribution in [3.8, 4) is 0 Å². The third kappa shape index (κ3) is 1.09. The van der Waals surface area contributed by atoms with Crippen molar-refractivity contribution in [1.82, 2.24) is 0 Å². The summed E-state index contributed by atoms with van der Waals surface area (Å²) in [6, 6.07) is 0. The fraction of sp³-hybridized carbons (Fsp3) is 1.00. The van der Waals surface area contributed by atoms with Crippen molar-refractivity contribution >= 4 is 18.7 Å². The molecule has 1 unspecified atom stereocenters. The lowest BCUT2D eigenvalue weighted by Crippen LogP contribution is -2.19. The van der Waals surface area contributed by atoms with Crippen LogP contribution in [0.4, 0.5) is 0 Å². The summed E-state index contributed by atoms with van der Waals surface area (Å²) in [5.41, 5.74) is 0. The zero-order valence-corrected chi connectivity index (χ0v) is 8.24. The predicted octanol–water partition coefficient (Wildman–Crippen LogP) is 2.85. The Balaban J connectivity index is 2.30. The molecule has 11 heavy (non-hydrogen) atoms. The van der Waals surface area contributed by atoms with E-state index in [0.29, 0.717) is 0 Å². The molecule has 0 amide bonds. The molecular weight excluding hydrogens is 177 g/mol. The molecule has 0 radical (unpaired) electrons. The highest BCUT2D eigenvalue weighted by Gasteiger charge is 2.51. The Morgan fingerprint density at radius 3 is 2.18 bits per heavy atom. The van der Waals surface area contributed by atoms with E-state index in [1.165, 1.54) is 12.8 Å². The van der Waals surface area contributed by atoms with Gasteiger partial charge in [-0.1, -0.05) is 0 Å². The minimum absolute atomic E-state index is 0.0548. The van der Waals surface area contributed by atoms with Gasteiger partial charge in [-0.3, -0.25) is 5.16 Å². The van der Waals surface area contributed by atoms with Gasteiger partial charge in [0.05, 0.1) is 0 Å². The van der Waals surface area contributed by atoms with Gasteiger partial charge in [-0.15, -0.1) is 12.2 Å². The predicted molar refractivity (Wildman–Crippen MR) is 50.2 cm³/mol. The largest absolute Gasteiger partial charge is 0.352 e. The van der Waals surface area contributed by atoms with E-state index >= 15 is 0 Å². The molecule has 0 spiro atoms. The smallest absolute Gasteiger partial charge is 0.137 e. The zero-order valence-electron chi connectivity index (χ0n) is 6.45. The summed E-state index contributed by atoms with van der Waals surface area (Å²) in [6.45, 7) is -2.61. The van der Waals surface area contributed by atoms with E-state index < -0.39 is 6.48 Å². The molecule has 0 saturated heterocycles. The van der Waals surface area contributed by atoms with Crippen LogP contribution in [0.1, 0.15) is 32.1 Å². The summed E-state index contributed by atoms with van der Waals surface area (Å²) >= 11 is 4.08. The third-order valence-corrected chi connectivity index (χ3v) is 6.59. The SMILES string of the molecule is N=P(O)(S)C12CCC(CC1)C2. The van der Waals surface area contributed by atoms with Crippen molar-refractivity contribution in [3.05, 3.63) is 0 Å². The van der Waals surface area contributed by atoms with Gasteiger partial charge in [0.2, 0.25) is 0 Å². The van der Waals surface area contributed by atoms with Crippen LogP contribution in [0, 0.1) is 11.1 Å². The minimum Gasteiger partial charge on any atom is -0.352 e. The second-order valence-electron chi connectivity index (χ2n) is 3.97. The van der Waals surface area contributed by atoms with E-state index in [9.17, 15) is 4.89 Å². The maximum absolute atomic E-state index is 9.64. The number of thiol groups is 1. The molecule has 2 N–H and O–H groups in total. The summed E-state index contributed by atoms with van der Waals surface area (Å²) in [4.78, 5) is 9.64. The Morgan fingerprint density at radius 1 is 1.45 bits per heavy atom. The maximum Gasteiger partial charge on any atom is 0.137 e. The van der Waals surface area contributed by atoms with Gasteiger partial charge in [-0.2, -0.15) is 0 Å². The second kappa shape index (κ2) is 2.27. The molecule has 2 saturated carbocycles. The van der Waals surface area contributed by atoms with E-state index in [2.05, 4.69) is 12.2 Å². The minimum atomic E-state index is -2.61. The molecule has 2 fully saturated rings. The van der Waals surface area contributed by atoms with E-state index in [1.54, 1.807) is 0 Å². The van der Waals surface area contributed by atoms with Gasteiger partial charge in [-0.25, -0.2) is 0 Å². The van der Waals surface area contributed by atoms with Crippen molar-refractivity contribution in [3.63, 3.8) is 0 Å². The van der Waals surface area contributed by atoms with Crippen molar-refractivity contribution in [2.75, 3.05) is 0 Å². The van der Waals surface area contributed by atoms with Crippen LogP contribution in [-0.4, -0.2) is 10.0 Å². The molecule has 0 heterocycles. The summed E-state index contributed by atoms with van der Waals surface area (Å²) in [5, 5.41) is 7.58. The average Bonchev–Trinajstić information content (AvgIpc) is 2.42. The summed E-state index contributed by atoms with van der Waals surface area (Å²) < 4.78 is 0. The summed E-state index contributed by atoms with van der Waals surface area (Å²) in [7, 11) is 0. The highest BCUT2D eigenvalue weighted by atomic mass is 32.7. The van der Waals surface area contributed by atoms with E-state index in [4.69, 9.17) is 5.16 Å². The Labute approximate surface area is 72.5 Å². The van der Waals surface area contributed by atoms with Crippen LogP contribution in [-0.2, 0) is 0 Å². The Morgan fingerprint density at radius 2 is 2.00 bits per heavy atom. The zero-order chi connectivity index (χ0) is 8.11. The standard InChI is InChI=1S/C7H14NOPS/c8-10(9,11)7-3-1-6(5-7)2-4-7/h6H,1-5H2,(H3,8,9,11). The molecule has 2 nitrogen and oxygen atoms in total. The normalized spacial score (nSPS) is 47.6. The van der Waals surface area contributed by atoms with Crippen LogP contribution in [0.5, 0.6) is 0 Å². The molecule has 2 rings (SSSR count). The highest BCUT2D eigenvalue weighted by Crippen LogP contribution is 2.71. The van der Waals surface area contributed by atoms with Crippen LogP contribution in [0.3, 0.4) is 0 Å². The van der Waals surface area contributed by atoms with Gasteiger partial charge >= 0.3 is 0 Å². The molecule has 0 aromatic heterocycles. The molecule has 64 valence electrons. The Bertz CT molecular complexity index is 216. The van der Waals surface area contributed by atoms with Crippen LogP contribution >= 0.6 is 18.7 Å². The monoisotopic (exact) mass is 191 g/mol. The lowest BCUT2D eigenvalue weighted by atomic mass is 10.0. The Kier molecular flexibility index (Phi) is 1.69. The number of hydrogen-bond acceptors (Lipinski definition) is 1. The number of nitrogens with one attached hydrogen (secondary N) is 1. The highest BCUT2D eigenvalue weighted by molar-refractivity contribution is 8.46. The molecule has 2 aliphatic rings. The number of fused-ring (bicyclic) bond motifs is 2. The molecule has 1 atom stereocenters. The third-order valence-electron chi connectivity index (χ3n) is 3.37. The van der Waals surface area contributed by atoms with Crippen molar-refractivity contribution in [2.45, 2.75) is 37.3 Å². The first kappa shape index (κ1) is 8.15. The van der Waals surface area contributed by atoms with Gasteiger partial charge in [0.1, 0.15) is 6.48 Å². The van der Waals surface area contributed by atoms with Crippen molar-refractivity contribution < 1.29 is 4.89 Å². The summed E-state index contributed by atoms with van der Waals surface area (Å²) in [6.07, 6.45) is 5.62. The molecule has 0 aromatic carbocycles. The maximum atomic E-state index is 9.64. The quantitative estimate of drug-likeness (QED) is 0.433. The molecule has 2 aliphatic carbocycles. The lowest BCUT2D eigenvalue weighted by molar-refractivity contribution is 0.475. The van der Waals surface area contributed by atoms with E-state index in [-0.39, 0.29) is 5.16 Å². The van der Waals surface area contributed by atoms with Crippen LogP contribution in [0.15, 0.2) is 0 Å². The van der Waals surface area contributed by atoms with Crippen LogP contribution < -0.4 is 0 Å². The van der Waals surface area contributed by atoms with Crippen LogP contribution in [0.2, 0.25) is 0 Å². The van der Waals surface area contributed by atoms with Gasteiger partial charge in [-0.05, 0) is 38.0 Å². The van der Waals surface area contributed by atoms with Crippen LogP contribution in [0.25, 0.3) is 0 Å². The Hall–Kier alpha value is 0.540. The van der Waals surface area contributed by atoms with Crippen molar-refractivity contribution in [2.24, 2.45) is 5.92 Å². The van der Waals surface area contributed by atoms with Gasteiger partial charge in [0.25, 0.3) is 0 Å². The molecule has 0 aromatic rings. The first-order valence-corrected chi connectivity index (χ1v) is 7.03. The van der Waals surface area contributed by atoms with Gasteiger partial charge in [0, 0.05) is 5.16 Å².